The van der Waals surface area contributed by atoms with Crippen LogP contribution >= 0.6 is 0 Å². The maximum Gasteiger partial charge on any atom is 0.407 e. The highest BCUT2D eigenvalue weighted by atomic mass is 16.7. The summed E-state index contributed by atoms with van der Waals surface area (Å²) in [5.74, 6) is 1.91. The Labute approximate surface area is 329 Å². The van der Waals surface area contributed by atoms with Gasteiger partial charge in [0.1, 0.15) is 31.8 Å². The van der Waals surface area contributed by atoms with Gasteiger partial charge in [-0.05, 0) is 72.3 Å². The van der Waals surface area contributed by atoms with Crippen molar-refractivity contribution in [3.63, 3.8) is 0 Å². The average Bonchev–Trinajstić information content (AvgIpc) is 3.56. The second-order valence-electron chi connectivity index (χ2n) is 15.7. The zero-order valence-corrected chi connectivity index (χ0v) is 34.1. The first kappa shape index (κ1) is 42.9. The maximum absolute atomic E-state index is 14.5. The van der Waals surface area contributed by atoms with Crippen LogP contribution in [0.5, 0.6) is 0 Å². The SMILES string of the molecule is CC[C@@H]1OC(=O)[C@H](C)C(=O)[C@H](C)[C@@H](OC2O[C@H](C)C[C@H](N(C)C)C2O)[C@@](C)(OCC#Cc2cnc3cccnc3c2)C[C@@H](C)/C(=N\OC)[C@@H](C)[C@H]2NC(=O)O[C@@H]21. The van der Waals surface area contributed by atoms with Crippen LogP contribution in [0.25, 0.3) is 11.0 Å². The molecule has 15 nitrogen and oxygen atoms in total. The minimum Gasteiger partial charge on any atom is -0.458 e. The number of cyclic esters (lactones) is 1. The number of carbonyl (C=O) groups excluding carboxylic acids is 3. The molecular formula is C41H57N5O10. The molecule has 0 radical (unpaired) electrons. The minimum atomic E-state index is -1.33. The largest absolute Gasteiger partial charge is 0.458 e. The zero-order valence-electron chi connectivity index (χ0n) is 34.1. The van der Waals surface area contributed by atoms with Crippen LogP contribution in [-0.2, 0) is 38.1 Å². The van der Waals surface area contributed by atoms with E-state index in [1.54, 1.807) is 19.3 Å². The number of likely N-dealkylation sites (N-methyl/N-ethyl adjacent to an activating group) is 1. The Hall–Kier alpha value is -4.20. The van der Waals surface area contributed by atoms with Crippen molar-refractivity contribution in [3.05, 3.63) is 36.2 Å². The van der Waals surface area contributed by atoms with Crippen molar-refractivity contribution in [3.8, 4) is 11.8 Å². The molecule has 3 aliphatic rings. The smallest absolute Gasteiger partial charge is 0.407 e. The normalized spacial score (nSPS) is 36.5. The van der Waals surface area contributed by atoms with E-state index in [9.17, 15) is 19.5 Å². The van der Waals surface area contributed by atoms with Gasteiger partial charge in [-0.15, -0.1) is 0 Å². The molecule has 306 valence electrons. The third-order valence-corrected chi connectivity index (χ3v) is 11.3. The first-order valence-corrected chi connectivity index (χ1v) is 19.4. The molecule has 3 fully saturated rings. The Morgan fingerprint density at radius 3 is 2.54 bits per heavy atom. The number of alkyl carbamates (subject to hydrolysis) is 1. The van der Waals surface area contributed by atoms with Crippen LogP contribution in [0.15, 0.2) is 35.7 Å². The van der Waals surface area contributed by atoms with Gasteiger partial charge in [-0.3, -0.25) is 19.6 Å². The molecule has 3 aliphatic heterocycles. The van der Waals surface area contributed by atoms with Crippen LogP contribution in [-0.4, -0.2) is 126 Å². The first-order valence-electron chi connectivity index (χ1n) is 19.4. The second-order valence-corrected chi connectivity index (χ2v) is 15.7. The Kier molecular flexibility index (Phi) is 14.1. The molecule has 0 aromatic carbocycles. The van der Waals surface area contributed by atoms with Gasteiger partial charge in [0.25, 0.3) is 0 Å². The molecule has 2 unspecified atom stereocenters. The third kappa shape index (κ3) is 9.49. The summed E-state index contributed by atoms with van der Waals surface area (Å²) in [6.45, 7) is 12.5. The van der Waals surface area contributed by atoms with Crippen molar-refractivity contribution in [1.29, 1.82) is 0 Å². The number of nitrogens with zero attached hydrogens (tertiary/aromatic N) is 4. The summed E-state index contributed by atoms with van der Waals surface area (Å²) in [6.07, 6.45) is -1.48. The Bertz CT molecular complexity index is 1810. The van der Waals surface area contributed by atoms with E-state index in [4.69, 9.17) is 28.5 Å². The number of aliphatic hydroxyl groups excluding tert-OH is 1. The number of aromatic nitrogens is 2. The summed E-state index contributed by atoms with van der Waals surface area (Å²) in [5.41, 5.74) is 1.33. The fourth-order valence-corrected chi connectivity index (χ4v) is 8.29. The van der Waals surface area contributed by atoms with Gasteiger partial charge >= 0.3 is 12.1 Å². The van der Waals surface area contributed by atoms with Gasteiger partial charge < -0.3 is 43.8 Å². The molecule has 0 aliphatic carbocycles. The van der Waals surface area contributed by atoms with Gasteiger partial charge in [0.2, 0.25) is 0 Å². The number of pyridine rings is 2. The first-order chi connectivity index (χ1) is 26.6. The minimum absolute atomic E-state index is 0.0915. The molecule has 2 aromatic heterocycles. The van der Waals surface area contributed by atoms with Crippen LogP contribution in [0, 0.1) is 35.5 Å². The molecule has 2 N–H and O–H groups in total. The van der Waals surface area contributed by atoms with Gasteiger partial charge in [0, 0.05) is 41.8 Å². The number of hydrogen-bond donors (Lipinski definition) is 2. The Morgan fingerprint density at radius 1 is 1.09 bits per heavy atom. The topological polar surface area (TPSA) is 180 Å². The van der Waals surface area contributed by atoms with Gasteiger partial charge in [-0.1, -0.05) is 44.7 Å². The molecule has 3 saturated heterocycles. The van der Waals surface area contributed by atoms with E-state index in [0.29, 0.717) is 29.6 Å². The molecule has 56 heavy (non-hydrogen) atoms. The number of amides is 1. The quantitative estimate of drug-likeness (QED) is 0.179. The molecule has 0 spiro atoms. The van der Waals surface area contributed by atoms with E-state index in [0.717, 1.165) is 5.52 Å². The summed E-state index contributed by atoms with van der Waals surface area (Å²) < 4.78 is 31.4. The fraction of sp³-hybridized carbons (Fsp3) is 0.659. The Balaban J connectivity index is 1.59. The molecule has 2 aromatic rings. The van der Waals surface area contributed by atoms with Crippen LogP contribution < -0.4 is 5.32 Å². The number of carbonyl (C=O) groups is 3. The monoisotopic (exact) mass is 779 g/mol. The van der Waals surface area contributed by atoms with Gasteiger partial charge in [0.05, 0.1) is 40.6 Å². The number of esters is 1. The number of Topliss-reactive ketones (excluding diaryl/α,β-unsaturated/α-hetero) is 1. The average molecular weight is 780 g/mol. The maximum atomic E-state index is 14.5. The molecule has 0 saturated carbocycles. The number of ketones is 1. The number of hydrogen-bond acceptors (Lipinski definition) is 14. The predicted octanol–water partition coefficient (Wildman–Crippen LogP) is 3.89. The molecule has 1 amide bonds. The fourth-order valence-electron chi connectivity index (χ4n) is 8.29. The zero-order chi connectivity index (χ0) is 40.9. The van der Waals surface area contributed by atoms with Gasteiger partial charge in [0.15, 0.2) is 18.2 Å². The van der Waals surface area contributed by atoms with Gasteiger partial charge in [-0.2, -0.15) is 0 Å². The highest BCUT2D eigenvalue weighted by Gasteiger charge is 2.52. The van der Waals surface area contributed by atoms with Crippen LogP contribution in [0.3, 0.4) is 0 Å². The van der Waals surface area contributed by atoms with Crippen molar-refractivity contribution in [2.24, 2.45) is 28.8 Å². The number of oxime groups is 1. The summed E-state index contributed by atoms with van der Waals surface area (Å²) in [4.78, 5) is 57.1. The lowest BCUT2D eigenvalue weighted by atomic mass is 9.75. The molecule has 5 rings (SSSR count). The molecule has 13 atom stereocenters. The van der Waals surface area contributed by atoms with E-state index in [1.165, 1.54) is 14.0 Å². The molecule has 15 heteroatoms. The summed E-state index contributed by atoms with van der Waals surface area (Å²) in [6, 6.07) is 4.58. The lowest BCUT2D eigenvalue weighted by Crippen LogP contribution is -2.59. The van der Waals surface area contributed by atoms with E-state index >= 15 is 0 Å². The van der Waals surface area contributed by atoms with Crippen LogP contribution in [0.4, 0.5) is 4.79 Å². The van der Waals surface area contributed by atoms with E-state index in [2.05, 4.69) is 32.3 Å². The van der Waals surface area contributed by atoms with Crippen molar-refractivity contribution in [2.45, 2.75) is 122 Å². The summed E-state index contributed by atoms with van der Waals surface area (Å²) in [5, 5.41) is 19.0. The van der Waals surface area contributed by atoms with Crippen molar-refractivity contribution in [1.82, 2.24) is 20.2 Å². The molecular weight excluding hydrogens is 722 g/mol. The summed E-state index contributed by atoms with van der Waals surface area (Å²) in [7, 11) is 5.20. The van der Waals surface area contributed by atoms with E-state index in [-0.39, 0.29) is 25.2 Å². The van der Waals surface area contributed by atoms with Gasteiger partial charge in [-0.25, -0.2) is 4.79 Å². The highest BCUT2D eigenvalue weighted by molar-refractivity contribution is 6.00. The van der Waals surface area contributed by atoms with Crippen molar-refractivity contribution in [2.75, 3.05) is 27.8 Å². The lowest BCUT2D eigenvalue weighted by Gasteiger charge is -2.47. The Morgan fingerprint density at radius 2 is 1.84 bits per heavy atom. The van der Waals surface area contributed by atoms with E-state index < -0.39 is 83.9 Å². The highest BCUT2D eigenvalue weighted by Crippen LogP contribution is 2.38. The number of nitrogens with one attached hydrogen (secondary N) is 1. The van der Waals surface area contributed by atoms with Crippen LogP contribution in [0.2, 0.25) is 0 Å². The molecule has 5 heterocycles. The molecule has 0 bridgehead atoms. The number of aliphatic hydroxyl groups is 1. The standard InChI is InChI=1S/C41H57N5O10/c1-11-31-36-33(44-40(50)55-36)24(4)32(45-51-10)22(2)20-41(7,52-17-13-14-27-19-29-28(43-21-27)15-12-16-42-29)37(25(5)34(47)26(6)38(49)54-31)56-39-35(48)30(46(8)9)18-23(3)53-39/h12,15-16,19,21-26,30-31,33,35-37,39,48H,11,17-18,20H2,1-10H3,(H,44,50)/b45-32+/t22-,23-,24-,25+,26-,30+,31+,33-,35?,36-,37-,39?,41+/m1/s1. The number of rotatable bonds is 7. The lowest BCUT2D eigenvalue weighted by molar-refractivity contribution is -0.296. The van der Waals surface area contributed by atoms with E-state index in [1.807, 2.05) is 71.8 Å². The predicted molar refractivity (Wildman–Crippen MR) is 206 cm³/mol. The number of fused-ring (bicyclic) bond motifs is 2. The summed E-state index contributed by atoms with van der Waals surface area (Å²) >= 11 is 0. The third-order valence-electron chi connectivity index (χ3n) is 11.3. The van der Waals surface area contributed by atoms with Crippen molar-refractivity contribution < 1.29 is 48.0 Å². The van der Waals surface area contributed by atoms with Crippen molar-refractivity contribution >= 4 is 34.6 Å². The number of ether oxygens (including phenoxy) is 5. The second kappa shape index (κ2) is 18.4. The van der Waals surface area contributed by atoms with Crippen LogP contribution in [0.1, 0.15) is 73.3 Å².